The average molecular weight is 285 g/mol. The molecule has 0 aliphatic heterocycles. The molecule has 2 rings (SSSR count). The van der Waals surface area contributed by atoms with Crippen molar-refractivity contribution in [3.05, 3.63) is 35.2 Å². The Kier molecular flexibility index (Phi) is 4.46. The van der Waals surface area contributed by atoms with Gasteiger partial charge in [0.05, 0.1) is 12.8 Å². The zero-order chi connectivity index (χ0) is 15.6. The Hall–Kier alpha value is -2.10. The zero-order valence-corrected chi connectivity index (χ0v) is 13.6. The molecular weight excluding hydrogens is 262 g/mol. The molecule has 1 aromatic carbocycles. The number of hydrogen-bond donors (Lipinski definition) is 1. The number of rotatable bonds is 4. The van der Waals surface area contributed by atoms with Gasteiger partial charge < -0.3 is 10.1 Å². The van der Waals surface area contributed by atoms with Gasteiger partial charge in [0.2, 0.25) is 0 Å². The second-order valence-corrected chi connectivity index (χ2v) is 5.55. The van der Waals surface area contributed by atoms with Gasteiger partial charge in [0, 0.05) is 18.2 Å². The standard InChI is InChI=1S/C17H23N3O/c1-10(2)14-16(19-9-20-17(14)18-5)15-12(4)7-11(3)8-13(15)21-6/h7-10H,1-6H3,(H,18,19,20). The van der Waals surface area contributed by atoms with Crippen LogP contribution >= 0.6 is 0 Å². The van der Waals surface area contributed by atoms with Gasteiger partial charge in [0.25, 0.3) is 0 Å². The van der Waals surface area contributed by atoms with Crippen molar-refractivity contribution in [1.82, 2.24) is 9.97 Å². The van der Waals surface area contributed by atoms with Crippen LogP contribution in [0, 0.1) is 13.8 Å². The predicted octanol–water partition coefficient (Wildman–Crippen LogP) is 3.93. The van der Waals surface area contributed by atoms with E-state index >= 15 is 0 Å². The molecule has 1 heterocycles. The Bertz CT molecular complexity index is 651. The number of benzene rings is 1. The van der Waals surface area contributed by atoms with Crippen LogP contribution in [0.25, 0.3) is 11.3 Å². The minimum Gasteiger partial charge on any atom is -0.496 e. The third-order valence-electron chi connectivity index (χ3n) is 3.60. The molecule has 0 aliphatic carbocycles. The lowest BCUT2D eigenvalue weighted by Crippen LogP contribution is -2.06. The van der Waals surface area contributed by atoms with Crippen LogP contribution in [0.15, 0.2) is 18.5 Å². The van der Waals surface area contributed by atoms with Gasteiger partial charge in [-0.2, -0.15) is 0 Å². The summed E-state index contributed by atoms with van der Waals surface area (Å²) in [4.78, 5) is 8.89. The van der Waals surface area contributed by atoms with Crippen LogP contribution in [0.5, 0.6) is 5.75 Å². The van der Waals surface area contributed by atoms with Crippen molar-refractivity contribution in [2.75, 3.05) is 19.5 Å². The molecule has 0 fully saturated rings. The van der Waals surface area contributed by atoms with Gasteiger partial charge in [-0.05, 0) is 37.0 Å². The summed E-state index contributed by atoms with van der Waals surface area (Å²) in [7, 11) is 3.59. The van der Waals surface area contributed by atoms with Gasteiger partial charge in [-0.1, -0.05) is 19.9 Å². The molecule has 4 nitrogen and oxygen atoms in total. The second kappa shape index (κ2) is 6.12. The van der Waals surface area contributed by atoms with E-state index in [9.17, 15) is 0 Å². The lowest BCUT2D eigenvalue weighted by molar-refractivity contribution is 0.415. The van der Waals surface area contributed by atoms with Crippen LogP contribution in [0.3, 0.4) is 0 Å². The van der Waals surface area contributed by atoms with Crippen LogP contribution in [-0.4, -0.2) is 24.1 Å². The first-order valence-electron chi connectivity index (χ1n) is 7.17. The summed E-state index contributed by atoms with van der Waals surface area (Å²) in [5.41, 5.74) is 5.45. The summed E-state index contributed by atoms with van der Waals surface area (Å²) >= 11 is 0. The monoisotopic (exact) mass is 285 g/mol. The van der Waals surface area contributed by atoms with Crippen molar-refractivity contribution in [2.24, 2.45) is 0 Å². The Morgan fingerprint density at radius 2 is 1.86 bits per heavy atom. The molecule has 0 saturated carbocycles. The van der Waals surface area contributed by atoms with E-state index < -0.39 is 0 Å². The van der Waals surface area contributed by atoms with Crippen molar-refractivity contribution in [1.29, 1.82) is 0 Å². The van der Waals surface area contributed by atoms with Crippen molar-refractivity contribution >= 4 is 5.82 Å². The Balaban J connectivity index is 2.79. The van der Waals surface area contributed by atoms with Crippen LogP contribution in [0.4, 0.5) is 5.82 Å². The van der Waals surface area contributed by atoms with E-state index in [0.717, 1.165) is 34.0 Å². The molecular formula is C17H23N3O. The fraction of sp³-hybridized carbons (Fsp3) is 0.412. The lowest BCUT2D eigenvalue weighted by Gasteiger charge is -2.19. The summed E-state index contributed by atoms with van der Waals surface area (Å²) in [5.74, 6) is 2.04. The zero-order valence-electron chi connectivity index (χ0n) is 13.6. The molecule has 0 radical (unpaired) electrons. The number of methoxy groups -OCH3 is 1. The van der Waals surface area contributed by atoms with Crippen LogP contribution in [0.1, 0.15) is 36.5 Å². The highest BCUT2D eigenvalue weighted by Crippen LogP contribution is 2.39. The molecule has 0 saturated heterocycles. The molecule has 0 aliphatic rings. The Labute approximate surface area is 126 Å². The number of ether oxygens (including phenoxy) is 1. The van der Waals surface area contributed by atoms with Gasteiger partial charge in [0.15, 0.2) is 0 Å². The minimum atomic E-state index is 0.314. The molecule has 1 aromatic heterocycles. The fourth-order valence-corrected chi connectivity index (χ4v) is 2.73. The van der Waals surface area contributed by atoms with Gasteiger partial charge in [-0.15, -0.1) is 0 Å². The quantitative estimate of drug-likeness (QED) is 0.924. The molecule has 2 aromatic rings. The SMILES string of the molecule is CNc1ncnc(-c2c(C)cc(C)cc2OC)c1C(C)C. The van der Waals surface area contributed by atoms with Gasteiger partial charge >= 0.3 is 0 Å². The van der Waals surface area contributed by atoms with E-state index in [4.69, 9.17) is 4.74 Å². The topological polar surface area (TPSA) is 47.0 Å². The number of anilines is 1. The molecule has 21 heavy (non-hydrogen) atoms. The molecule has 0 unspecified atom stereocenters. The average Bonchev–Trinajstić information content (AvgIpc) is 2.45. The largest absolute Gasteiger partial charge is 0.496 e. The van der Waals surface area contributed by atoms with Crippen molar-refractivity contribution < 1.29 is 4.74 Å². The maximum Gasteiger partial charge on any atom is 0.133 e. The van der Waals surface area contributed by atoms with Crippen LogP contribution in [0.2, 0.25) is 0 Å². The number of aromatic nitrogens is 2. The maximum absolute atomic E-state index is 5.59. The third-order valence-corrected chi connectivity index (χ3v) is 3.60. The predicted molar refractivity (Wildman–Crippen MR) is 87.1 cm³/mol. The summed E-state index contributed by atoms with van der Waals surface area (Å²) in [6.07, 6.45) is 1.60. The summed E-state index contributed by atoms with van der Waals surface area (Å²) < 4.78 is 5.59. The number of nitrogens with zero attached hydrogens (tertiary/aromatic N) is 2. The van der Waals surface area contributed by atoms with E-state index in [2.05, 4.69) is 49.0 Å². The molecule has 0 amide bonds. The summed E-state index contributed by atoms with van der Waals surface area (Å²) in [6.45, 7) is 8.47. The Morgan fingerprint density at radius 3 is 2.43 bits per heavy atom. The van der Waals surface area contributed by atoms with Crippen molar-refractivity contribution in [3.63, 3.8) is 0 Å². The number of aryl methyl sites for hydroxylation is 2. The number of nitrogens with one attached hydrogen (secondary N) is 1. The molecule has 0 spiro atoms. The van der Waals surface area contributed by atoms with Crippen molar-refractivity contribution in [3.8, 4) is 17.0 Å². The first-order chi connectivity index (χ1) is 9.99. The highest BCUT2D eigenvalue weighted by atomic mass is 16.5. The normalized spacial score (nSPS) is 10.8. The minimum absolute atomic E-state index is 0.314. The fourth-order valence-electron chi connectivity index (χ4n) is 2.73. The molecule has 0 atom stereocenters. The lowest BCUT2D eigenvalue weighted by atomic mass is 9.93. The second-order valence-electron chi connectivity index (χ2n) is 5.55. The molecule has 1 N–H and O–H groups in total. The van der Waals surface area contributed by atoms with Crippen LogP contribution < -0.4 is 10.1 Å². The highest BCUT2D eigenvalue weighted by molar-refractivity contribution is 5.77. The first kappa shape index (κ1) is 15.3. The van der Waals surface area contributed by atoms with Gasteiger partial charge in [-0.3, -0.25) is 0 Å². The Morgan fingerprint density at radius 1 is 1.14 bits per heavy atom. The molecule has 4 heteroatoms. The van der Waals surface area contributed by atoms with E-state index in [-0.39, 0.29) is 0 Å². The van der Waals surface area contributed by atoms with E-state index in [1.54, 1.807) is 13.4 Å². The smallest absolute Gasteiger partial charge is 0.133 e. The van der Waals surface area contributed by atoms with Gasteiger partial charge in [0.1, 0.15) is 17.9 Å². The highest BCUT2D eigenvalue weighted by Gasteiger charge is 2.20. The number of hydrogen-bond acceptors (Lipinski definition) is 4. The van der Waals surface area contributed by atoms with E-state index in [1.165, 1.54) is 5.56 Å². The molecule has 0 bridgehead atoms. The van der Waals surface area contributed by atoms with Gasteiger partial charge in [-0.25, -0.2) is 9.97 Å². The third kappa shape index (κ3) is 2.84. The summed E-state index contributed by atoms with van der Waals surface area (Å²) in [5, 5.41) is 3.16. The van der Waals surface area contributed by atoms with E-state index in [0.29, 0.717) is 5.92 Å². The van der Waals surface area contributed by atoms with Crippen molar-refractivity contribution in [2.45, 2.75) is 33.6 Å². The van der Waals surface area contributed by atoms with E-state index in [1.807, 2.05) is 13.1 Å². The van der Waals surface area contributed by atoms with Crippen LogP contribution in [-0.2, 0) is 0 Å². The summed E-state index contributed by atoms with van der Waals surface area (Å²) in [6, 6.07) is 4.21. The first-order valence-corrected chi connectivity index (χ1v) is 7.17. The maximum atomic E-state index is 5.59. The molecule has 112 valence electrons.